The van der Waals surface area contributed by atoms with Gasteiger partial charge in [-0.1, -0.05) is 61.2 Å². The number of rotatable bonds is 8. The highest BCUT2D eigenvalue weighted by Crippen LogP contribution is 2.30. The number of nitrogens with zero attached hydrogens (tertiary/aromatic N) is 2. The molecule has 4 heteroatoms. The second kappa shape index (κ2) is 12.4. The van der Waals surface area contributed by atoms with Crippen LogP contribution in [0.5, 0.6) is 0 Å². The summed E-state index contributed by atoms with van der Waals surface area (Å²) in [6, 6.07) is 8.57. The molecule has 0 saturated carbocycles. The summed E-state index contributed by atoms with van der Waals surface area (Å²) >= 11 is 0. The molecule has 1 heterocycles. The zero-order chi connectivity index (χ0) is 23.5. The van der Waals surface area contributed by atoms with Gasteiger partial charge in [0.2, 0.25) is 0 Å². The van der Waals surface area contributed by atoms with E-state index in [9.17, 15) is 5.11 Å². The molecule has 32 heavy (non-hydrogen) atoms. The van der Waals surface area contributed by atoms with E-state index in [1.165, 1.54) is 0 Å². The molecule has 2 rings (SSSR count). The summed E-state index contributed by atoms with van der Waals surface area (Å²) in [5, 5.41) is 19.7. The van der Waals surface area contributed by atoms with E-state index in [1.807, 2.05) is 31.2 Å². The van der Waals surface area contributed by atoms with E-state index in [1.54, 1.807) is 66.6 Å². The summed E-state index contributed by atoms with van der Waals surface area (Å²) in [4.78, 5) is 1.74. The minimum absolute atomic E-state index is 0.0169. The Morgan fingerprint density at radius 2 is 1.88 bits per heavy atom. The average Bonchev–Trinajstić information content (AvgIpc) is 2.81. The smallest absolute Gasteiger partial charge is 0.150 e. The molecule has 0 amide bonds. The van der Waals surface area contributed by atoms with E-state index >= 15 is 4.39 Å². The van der Waals surface area contributed by atoms with Crippen LogP contribution in [0.2, 0.25) is 0 Å². The molecule has 1 aromatic carbocycles. The number of alkyl halides is 1. The number of hydrogen-bond donors (Lipinski definition) is 1. The van der Waals surface area contributed by atoms with Gasteiger partial charge >= 0.3 is 0 Å². The molecule has 3 atom stereocenters. The van der Waals surface area contributed by atoms with Crippen LogP contribution in [0.15, 0.2) is 109 Å². The Morgan fingerprint density at radius 3 is 2.50 bits per heavy atom. The van der Waals surface area contributed by atoms with Gasteiger partial charge in [-0.05, 0) is 60.8 Å². The highest BCUT2D eigenvalue weighted by Gasteiger charge is 2.18. The number of allylic oxidation sites excluding steroid dienone is 11. The van der Waals surface area contributed by atoms with Crippen molar-refractivity contribution in [1.29, 1.82) is 5.26 Å². The van der Waals surface area contributed by atoms with Crippen molar-refractivity contribution in [3.63, 3.8) is 0 Å². The van der Waals surface area contributed by atoms with Crippen molar-refractivity contribution in [1.82, 2.24) is 4.90 Å². The number of likely N-dealkylation sites (N-methyl/N-ethyl adjacent to an activating group) is 1. The minimum Gasteiger partial charge on any atom is -0.370 e. The van der Waals surface area contributed by atoms with Gasteiger partial charge in [0.1, 0.15) is 6.23 Å². The van der Waals surface area contributed by atoms with Gasteiger partial charge < -0.3 is 10.0 Å². The summed E-state index contributed by atoms with van der Waals surface area (Å²) < 4.78 is 15.5. The predicted octanol–water partition coefficient (Wildman–Crippen LogP) is 6.47. The van der Waals surface area contributed by atoms with Gasteiger partial charge in [0.15, 0.2) is 6.17 Å². The SMILES string of the molecule is C=C/C=C\[C@@H](CCC=C)C1=C/C(O)N(C)/C(C)=C/C=C([C@H](F)c2ccc(C#N)cc2)\C=C\1. The second-order valence-electron chi connectivity index (χ2n) is 7.69. The van der Waals surface area contributed by atoms with Crippen LogP contribution in [0.3, 0.4) is 0 Å². The molecule has 0 fully saturated rings. The molecular weight excluding hydrogens is 399 g/mol. The van der Waals surface area contributed by atoms with Gasteiger partial charge in [0, 0.05) is 18.7 Å². The van der Waals surface area contributed by atoms with E-state index in [0.29, 0.717) is 16.7 Å². The maximum Gasteiger partial charge on any atom is 0.150 e. The lowest BCUT2D eigenvalue weighted by Crippen LogP contribution is -2.28. The van der Waals surface area contributed by atoms with Crippen LogP contribution >= 0.6 is 0 Å². The van der Waals surface area contributed by atoms with Crippen molar-refractivity contribution in [2.24, 2.45) is 5.92 Å². The van der Waals surface area contributed by atoms with Crippen molar-refractivity contribution < 1.29 is 9.50 Å². The summed E-state index contributed by atoms with van der Waals surface area (Å²) in [7, 11) is 1.80. The van der Waals surface area contributed by atoms with Crippen LogP contribution in [-0.2, 0) is 0 Å². The molecule has 0 bridgehead atoms. The Hall–Kier alpha value is -3.42. The lowest BCUT2D eigenvalue weighted by Gasteiger charge is -2.26. The third kappa shape index (κ3) is 6.80. The molecule has 1 unspecified atom stereocenters. The first-order chi connectivity index (χ1) is 15.4. The maximum absolute atomic E-state index is 15.5. The van der Waals surface area contributed by atoms with Crippen molar-refractivity contribution in [3.8, 4) is 6.07 Å². The first-order valence-corrected chi connectivity index (χ1v) is 10.6. The number of aliphatic hydroxyl groups excluding tert-OH is 1. The van der Waals surface area contributed by atoms with E-state index in [4.69, 9.17) is 5.26 Å². The Morgan fingerprint density at radius 1 is 1.19 bits per heavy atom. The Balaban J connectivity index is 2.50. The highest BCUT2D eigenvalue weighted by molar-refractivity contribution is 5.42. The molecule has 0 spiro atoms. The molecule has 0 saturated heterocycles. The number of hydrogen-bond acceptors (Lipinski definition) is 3. The number of nitriles is 1. The second-order valence-corrected chi connectivity index (χ2v) is 7.69. The monoisotopic (exact) mass is 430 g/mol. The highest BCUT2D eigenvalue weighted by atomic mass is 19.1. The van der Waals surface area contributed by atoms with E-state index in [-0.39, 0.29) is 5.92 Å². The van der Waals surface area contributed by atoms with E-state index in [0.717, 1.165) is 24.1 Å². The molecule has 0 radical (unpaired) electrons. The Kier molecular flexibility index (Phi) is 9.66. The summed E-state index contributed by atoms with van der Waals surface area (Å²) in [6.45, 7) is 9.43. The third-order valence-corrected chi connectivity index (χ3v) is 5.49. The van der Waals surface area contributed by atoms with Crippen LogP contribution in [0, 0.1) is 17.2 Å². The Labute approximate surface area is 191 Å². The van der Waals surface area contributed by atoms with Crippen LogP contribution < -0.4 is 0 Å². The summed E-state index contributed by atoms with van der Waals surface area (Å²) in [6.07, 6.45) is 15.9. The zero-order valence-corrected chi connectivity index (χ0v) is 18.8. The van der Waals surface area contributed by atoms with E-state index < -0.39 is 12.4 Å². The van der Waals surface area contributed by atoms with Gasteiger partial charge in [-0.2, -0.15) is 5.26 Å². The summed E-state index contributed by atoms with van der Waals surface area (Å²) in [5.41, 5.74) is 3.15. The molecule has 1 N–H and O–H groups in total. The van der Waals surface area contributed by atoms with Gasteiger partial charge in [-0.15, -0.1) is 6.58 Å². The number of aliphatic hydroxyl groups is 1. The largest absolute Gasteiger partial charge is 0.370 e. The van der Waals surface area contributed by atoms with Crippen LogP contribution in [0.25, 0.3) is 0 Å². The van der Waals surface area contributed by atoms with Gasteiger partial charge in [-0.25, -0.2) is 4.39 Å². The molecule has 1 aromatic rings. The first kappa shape index (κ1) is 24.8. The van der Waals surface area contributed by atoms with Crippen molar-refractivity contribution >= 4 is 0 Å². The molecule has 1 aliphatic rings. The quantitative estimate of drug-likeness (QED) is 0.380. The van der Waals surface area contributed by atoms with Crippen LogP contribution in [-0.4, -0.2) is 23.3 Å². The number of benzene rings is 1. The molecule has 1 aliphatic heterocycles. The van der Waals surface area contributed by atoms with Gasteiger partial charge in [0.25, 0.3) is 0 Å². The fourth-order valence-electron chi connectivity index (χ4n) is 3.35. The number of halogens is 1. The minimum atomic E-state index is -1.35. The Bertz CT molecular complexity index is 989. The maximum atomic E-state index is 15.5. The summed E-state index contributed by atoms with van der Waals surface area (Å²) in [5.74, 6) is 0.0169. The standard InChI is InChI=1S/C28H31FN2O/c1-5-7-9-23(10-8-6-2)26-18-17-24(14-11-21(3)31(4)27(32)19-26)28(29)25-15-12-22(20-30)13-16-25/h5-7,9,11-19,23,27-28,32H,1-2,8,10H2,3-4H3/b9-7-,18-17+,21-11+,24-14+,26-19+/t23-,27?,28-/m0/s1. The van der Waals surface area contributed by atoms with Gasteiger partial charge in [0.05, 0.1) is 11.6 Å². The fraction of sp³-hybridized carbons (Fsp3) is 0.250. The van der Waals surface area contributed by atoms with Crippen molar-refractivity contribution in [3.05, 3.63) is 120 Å². The fourth-order valence-corrected chi connectivity index (χ4v) is 3.35. The van der Waals surface area contributed by atoms with Gasteiger partial charge in [-0.3, -0.25) is 0 Å². The molecular formula is C28H31FN2O. The van der Waals surface area contributed by atoms with E-state index in [2.05, 4.69) is 19.2 Å². The van der Waals surface area contributed by atoms with Crippen LogP contribution in [0.4, 0.5) is 4.39 Å². The molecule has 166 valence electrons. The van der Waals surface area contributed by atoms with Crippen molar-refractivity contribution in [2.45, 2.75) is 32.2 Å². The normalized spacial score (nSPS) is 24.7. The van der Waals surface area contributed by atoms with Crippen LogP contribution in [0.1, 0.15) is 37.1 Å². The molecule has 3 nitrogen and oxygen atoms in total. The molecule has 0 aliphatic carbocycles. The average molecular weight is 431 g/mol. The van der Waals surface area contributed by atoms with Crippen molar-refractivity contribution in [2.75, 3.05) is 7.05 Å². The topological polar surface area (TPSA) is 47.3 Å². The zero-order valence-electron chi connectivity index (χ0n) is 18.8. The first-order valence-electron chi connectivity index (χ1n) is 10.6. The molecule has 0 aromatic heterocycles. The lowest BCUT2D eigenvalue weighted by atomic mass is 9.90. The third-order valence-electron chi connectivity index (χ3n) is 5.49. The predicted molar refractivity (Wildman–Crippen MR) is 130 cm³/mol. The lowest BCUT2D eigenvalue weighted by molar-refractivity contribution is 0.0884.